The van der Waals surface area contributed by atoms with Gasteiger partial charge in [-0.25, -0.2) is 4.98 Å². The van der Waals surface area contributed by atoms with Gasteiger partial charge in [0.15, 0.2) is 0 Å². The van der Waals surface area contributed by atoms with Crippen LogP contribution in [0.25, 0.3) is 10.2 Å². The lowest BCUT2D eigenvalue weighted by Crippen LogP contribution is -2.31. The van der Waals surface area contributed by atoms with Crippen LogP contribution in [0.1, 0.15) is 20.9 Å². The standard InChI is InChI=1S/C14H20N4OS/c1-8-7-9(2)17-14-10(8)11(15)12(20-14)13(19)16-5-6-18(3)4/h7H,5-6,15H2,1-4H3,(H,16,19). The maximum Gasteiger partial charge on any atom is 0.263 e. The van der Waals surface area contributed by atoms with Gasteiger partial charge in [-0.2, -0.15) is 0 Å². The average Bonchev–Trinajstić information content (AvgIpc) is 2.65. The molecule has 0 unspecified atom stereocenters. The Balaban J connectivity index is 2.29. The number of fused-ring (bicyclic) bond motifs is 1. The van der Waals surface area contributed by atoms with Crippen LogP contribution in [0.2, 0.25) is 0 Å². The first-order valence-corrected chi connectivity index (χ1v) is 7.31. The van der Waals surface area contributed by atoms with E-state index in [0.717, 1.165) is 28.0 Å². The molecule has 0 aliphatic rings. The van der Waals surface area contributed by atoms with Crippen LogP contribution in [0, 0.1) is 13.8 Å². The Kier molecular flexibility index (Phi) is 4.25. The first kappa shape index (κ1) is 14.7. The smallest absolute Gasteiger partial charge is 0.263 e. The lowest BCUT2D eigenvalue weighted by Gasteiger charge is -2.09. The molecule has 0 saturated heterocycles. The third-order valence-corrected chi connectivity index (χ3v) is 4.17. The van der Waals surface area contributed by atoms with Crippen molar-refractivity contribution in [3.63, 3.8) is 0 Å². The number of thiophene rings is 1. The highest BCUT2D eigenvalue weighted by atomic mass is 32.1. The number of anilines is 1. The van der Waals surface area contributed by atoms with Crippen LogP contribution in [0.4, 0.5) is 5.69 Å². The SMILES string of the molecule is Cc1cc(C)c2c(N)c(C(=O)NCCN(C)C)sc2n1. The summed E-state index contributed by atoms with van der Waals surface area (Å²) in [6.45, 7) is 5.34. The minimum atomic E-state index is -0.121. The van der Waals surface area contributed by atoms with Gasteiger partial charge in [0.05, 0.1) is 5.69 Å². The van der Waals surface area contributed by atoms with E-state index in [-0.39, 0.29) is 5.91 Å². The van der Waals surface area contributed by atoms with Gasteiger partial charge in [0.2, 0.25) is 0 Å². The van der Waals surface area contributed by atoms with Crippen molar-refractivity contribution in [1.29, 1.82) is 0 Å². The first-order chi connectivity index (χ1) is 9.40. The minimum Gasteiger partial charge on any atom is -0.397 e. The zero-order chi connectivity index (χ0) is 14.9. The average molecular weight is 292 g/mol. The molecule has 2 heterocycles. The molecular formula is C14H20N4OS. The van der Waals surface area contributed by atoms with Crippen LogP contribution in [0.3, 0.4) is 0 Å². The van der Waals surface area contributed by atoms with E-state index in [1.165, 1.54) is 11.3 Å². The quantitative estimate of drug-likeness (QED) is 0.901. The molecule has 0 saturated carbocycles. The van der Waals surface area contributed by atoms with Gasteiger partial charge in [0.25, 0.3) is 5.91 Å². The number of nitrogens with one attached hydrogen (secondary N) is 1. The van der Waals surface area contributed by atoms with E-state index in [0.29, 0.717) is 17.1 Å². The highest BCUT2D eigenvalue weighted by Crippen LogP contribution is 2.34. The summed E-state index contributed by atoms with van der Waals surface area (Å²) in [5.74, 6) is -0.121. The molecule has 0 aliphatic heterocycles. The Morgan fingerprint density at radius 2 is 2.15 bits per heavy atom. The molecule has 0 bridgehead atoms. The molecule has 0 radical (unpaired) electrons. The third-order valence-electron chi connectivity index (χ3n) is 3.07. The van der Waals surface area contributed by atoms with Crippen molar-refractivity contribution in [1.82, 2.24) is 15.2 Å². The molecule has 2 aromatic rings. The van der Waals surface area contributed by atoms with E-state index in [9.17, 15) is 4.79 Å². The number of hydrogen-bond acceptors (Lipinski definition) is 5. The summed E-state index contributed by atoms with van der Waals surface area (Å²) in [7, 11) is 3.94. The molecule has 3 N–H and O–H groups in total. The van der Waals surface area contributed by atoms with Gasteiger partial charge in [-0.1, -0.05) is 0 Å². The summed E-state index contributed by atoms with van der Waals surface area (Å²) in [6, 6.07) is 1.99. The second-order valence-electron chi connectivity index (χ2n) is 5.16. The Hall–Kier alpha value is -1.66. The number of aryl methyl sites for hydroxylation is 2. The molecule has 0 fully saturated rings. The molecule has 2 aromatic heterocycles. The van der Waals surface area contributed by atoms with E-state index >= 15 is 0 Å². The third kappa shape index (κ3) is 2.91. The maximum absolute atomic E-state index is 12.2. The van der Waals surface area contributed by atoms with Crippen molar-refractivity contribution >= 4 is 33.1 Å². The number of nitrogen functional groups attached to an aromatic ring is 1. The molecule has 0 aromatic carbocycles. The number of carbonyl (C=O) groups is 1. The molecular weight excluding hydrogens is 272 g/mol. The summed E-state index contributed by atoms with van der Waals surface area (Å²) < 4.78 is 0. The summed E-state index contributed by atoms with van der Waals surface area (Å²) >= 11 is 1.36. The number of carbonyl (C=O) groups excluding carboxylic acids is 1. The predicted octanol–water partition coefficient (Wildman–Crippen LogP) is 1.79. The molecule has 20 heavy (non-hydrogen) atoms. The largest absolute Gasteiger partial charge is 0.397 e. The Bertz CT molecular complexity index is 648. The van der Waals surface area contributed by atoms with E-state index in [1.807, 2.05) is 38.9 Å². The highest BCUT2D eigenvalue weighted by molar-refractivity contribution is 7.21. The van der Waals surface area contributed by atoms with Gasteiger partial charge in [-0.3, -0.25) is 4.79 Å². The number of nitrogens with zero attached hydrogens (tertiary/aromatic N) is 2. The topological polar surface area (TPSA) is 71.2 Å². The number of pyridine rings is 1. The lowest BCUT2D eigenvalue weighted by molar-refractivity contribution is 0.0956. The number of hydrogen-bond donors (Lipinski definition) is 2. The summed E-state index contributed by atoms with van der Waals surface area (Å²) in [4.78, 5) is 20.0. The van der Waals surface area contributed by atoms with Crippen LogP contribution in [-0.2, 0) is 0 Å². The van der Waals surface area contributed by atoms with E-state index in [1.54, 1.807) is 0 Å². The molecule has 108 valence electrons. The first-order valence-electron chi connectivity index (χ1n) is 6.49. The van der Waals surface area contributed by atoms with Crippen molar-refractivity contribution in [2.75, 3.05) is 32.9 Å². The van der Waals surface area contributed by atoms with Gasteiger partial charge in [0.1, 0.15) is 9.71 Å². The van der Waals surface area contributed by atoms with E-state index < -0.39 is 0 Å². The molecule has 0 atom stereocenters. The fourth-order valence-corrected chi connectivity index (χ4v) is 3.24. The number of aromatic nitrogens is 1. The maximum atomic E-state index is 12.2. The number of amides is 1. The molecule has 0 aliphatic carbocycles. The summed E-state index contributed by atoms with van der Waals surface area (Å²) in [5, 5.41) is 3.79. The zero-order valence-electron chi connectivity index (χ0n) is 12.3. The molecule has 1 amide bonds. The highest BCUT2D eigenvalue weighted by Gasteiger charge is 2.18. The molecule has 2 rings (SSSR count). The van der Waals surface area contributed by atoms with Gasteiger partial charge in [-0.15, -0.1) is 11.3 Å². The molecule has 0 spiro atoms. The second kappa shape index (κ2) is 5.76. The van der Waals surface area contributed by atoms with Crippen molar-refractivity contribution < 1.29 is 4.79 Å². The second-order valence-corrected chi connectivity index (χ2v) is 6.16. The van der Waals surface area contributed by atoms with Crippen molar-refractivity contribution in [3.05, 3.63) is 22.2 Å². The minimum absolute atomic E-state index is 0.121. The van der Waals surface area contributed by atoms with Gasteiger partial charge < -0.3 is 16.0 Å². The van der Waals surface area contributed by atoms with Crippen LogP contribution in [-0.4, -0.2) is 43.0 Å². The Morgan fingerprint density at radius 3 is 2.80 bits per heavy atom. The van der Waals surface area contributed by atoms with Gasteiger partial charge in [-0.05, 0) is 39.6 Å². The van der Waals surface area contributed by atoms with Crippen LogP contribution >= 0.6 is 11.3 Å². The number of likely N-dealkylation sites (N-methyl/N-ethyl adjacent to an activating group) is 1. The zero-order valence-corrected chi connectivity index (χ0v) is 13.1. The van der Waals surface area contributed by atoms with Crippen LogP contribution in [0.5, 0.6) is 0 Å². The Labute approximate surface area is 122 Å². The predicted molar refractivity (Wildman–Crippen MR) is 84.4 cm³/mol. The van der Waals surface area contributed by atoms with E-state index in [2.05, 4.69) is 10.3 Å². The van der Waals surface area contributed by atoms with Crippen molar-refractivity contribution in [3.8, 4) is 0 Å². The number of nitrogens with two attached hydrogens (primary N) is 1. The van der Waals surface area contributed by atoms with Gasteiger partial charge in [0, 0.05) is 24.2 Å². The van der Waals surface area contributed by atoms with Crippen molar-refractivity contribution in [2.24, 2.45) is 0 Å². The summed E-state index contributed by atoms with van der Waals surface area (Å²) in [6.07, 6.45) is 0. The van der Waals surface area contributed by atoms with Crippen LogP contribution in [0.15, 0.2) is 6.07 Å². The van der Waals surface area contributed by atoms with Gasteiger partial charge >= 0.3 is 0 Å². The van der Waals surface area contributed by atoms with Crippen molar-refractivity contribution in [2.45, 2.75) is 13.8 Å². The fourth-order valence-electron chi connectivity index (χ4n) is 2.11. The Morgan fingerprint density at radius 1 is 1.45 bits per heavy atom. The molecule has 5 nitrogen and oxygen atoms in total. The van der Waals surface area contributed by atoms with Crippen LogP contribution < -0.4 is 11.1 Å². The van der Waals surface area contributed by atoms with E-state index in [4.69, 9.17) is 5.73 Å². The molecule has 6 heteroatoms. The monoisotopic (exact) mass is 292 g/mol. The number of rotatable bonds is 4. The normalized spacial score (nSPS) is 11.2. The lowest BCUT2D eigenvalue weighted by atomic mass is 10.1. The summed E-state index contributed by atoms with van der Waals surface area (Å²) in [5.41, 5.74) is 8.66. The fraction of sp³-hybridized carbons (Fsp3) is 0.429.